The zero-order chi connectivity index (χ0) is 19.6. The molecule has 1 atom stereocenters. The van der Waals surface area contributed by atoms with Crippen molar-refractivity contribution in [3.63, 3.8) is 0 Å². The van der Waals surface area contributed by atoms with Crippen LogP contribution in [0.15, 0.2) is 23.0 Å². The fourth-order valence-electron chi connectivity index (χ4n) is 3.61. The molecule has 2 heterocycles. The van der Waals surface area contributed by atoms with Gasteiger partial charge in [0.2, 0.25) is 5.88 Å². The van der Waals surface area contributed by atoms with Crippen molar-refractivity contribution in [2.75, 3.05) is 27.3 Å². The number of nitrogens with zero attached hydrogens (tertiary/aromatic N) is 1. The Bertz CT molecular complexity index is 916. The van der Waals surface area contributed by atoms with Crippen LogP contribution in [0.5, 0.6) is 17.4 Å². The van der Waals surface area contributed by atoms with E-state index in [2.05, 4.69) is 21.8 Å². The highest BCUT2D eigenvalue weighted by Gasteiger charge is 2.32. The molecule has 0 aliphatic carbocycles. The number of aromatic nitrogens is 2. The normalized spacial score (nSPS) is 16.9. The maximum absolute atomic E-state index is 12.7. The molecule has 1 aliphatic rings. The number of aromatic amines is 2. The predicted molar refractivity (Wildman–Crippen MR) is 105 cm³/mol. The van der Waals surface area contributed by atoms with E-state index in [0.29, 0.717) is 17.4 Å². The van der Waals surface area contributed by atoms with Gasteiger partial charge in [0.05, 0.1) is 25.8 Å². The van der Waals surface area contributed by atoms with Crippen LogP contribution >= 0.6 is 12.2 Å². The minimum absolute atomic E-state index is 0.0878. The molecule has 7 nitrogen and oxygen atoms in total. The van der Waals surface area contributed by atoms with Crippen LogP contribution in [0.4, 0.5) is 0 Å². The lowest BCUT2D eigenvalue weighted by molar-refractivity contribution is 0.152. The summed E-state index contributed by atoms with van der Waals surface area (Å²) in [6, 6.07) is 4.98. The van der Waals surface area contributed by atoms with Crippen LogP contribution in [-0.2, 0) is 0 Å². The summed E-state index contributed by atoms with van der Waals surface area (Å²) < 4.78 is 11.0. The molecule has 0 radical (unpaired) electrons. The number of nitrogens with one attached hydrogen (secondary N) is 2. The van der Waals surface area contributed by atoms with Gasteiger partial charge >= 0.3 is 0 Å². The first-order valence-electron chi connectivity index (χ1n) is 8.96. The summed E-state index contributed by atoms with van der Waals surface area (Å²) in [6.07, 6.45) is 2.04. The van der Waals surface area contributed by atoms with Gasteiger partial charge in [-0.1, -0.05) is 6.92 Å². The molecule has 3 rings (SSSR count). The molecule has 0 saturated carbocycles. The van der Waals surface area contributed by atoms with Crippen LogP contribution < -0.4 is 15.0 Å². The van der Waals surface area contributed by atoms with Gasteiger partial charge in [-0.2, -0.15) is 0 Å². The second-order valence-electron chi connectivity index (χ2n) is 6.90. The van der Waals surface area contributed by atoms with Gasteiger partial charge in [0.25, 0.3) is 5.56 Å². The zero-order valence-electron chi connectivity index (χ0n) is 15.7. The standard InChI is InChI=1S/C19H25N3O4S/c1-11-6-8-22(9-7-11)16(15-17(23)20-19(27)21-18(15)24)13-10-12(25-2)4-5-14(13)26-3/h4-5,10-11,16H,6-9H2,1-3H3,(H3,20,21,23,24,27)/t16-/m0/s1. The van der Waals surface area contributed by atoms with Crippen molar-refractivity contribution in [3.8, 4) is 17.4 Å². The largest absolute Gasteiger partial charge is 0.497 e. The minimum atomic E-state index is -0.488. The molecule has 27 heavy (non-hydrogen) atoms. The molecular weight excluding hydrogens is 366 g/mol. The molecule has 3 N–H and O–H groups in total. The van der Waals surface area contributed by atoms with Gasteiger partial charge < -0.3 is 19.6 Å². The lowest BCUT2D eigenvalue weighted by Crippen LogP contribution is -2.39. The second kappa shape index (κ2) is 8.14. The van der Waals surface area contributed by atoms with Gasteiger partial charge in [-0.15, -0.1) is 0 Å². The summed E-state index contributed by atoms with van der Waals surface area (Å²) in [5.74, 6) is 1.68. The van der Waals surface area contributed by atoms with Crippen molar-refractivity contribution in [1.29, 1.82) is 0 Å². The third kappa shape index (κ3) is 4.01. The molecule has 0 unspecified atom stereocenters. The van der Waals surface area contributed by atoms with Crippen molar-refractivity contribution in [3.05, 3.63) is 44.5 Å². The molecule has 0 amide bonds. The molecule has 1 fully saturated rings. The molecule has 0 spiro atoms. The van der Waals surface area contributed by atoms with Crippen molar-refractivity contribution < 1.29 is 14.6 Å². The highest BCUT2D eigenvalue weighted by atomic mass is 32.1. The summed E-state index contributed by atoms with van der Waals surface area (Å²) in [4.78, 5) is 20.2. The maximum Gasteiger partial charge on any atom is 0.260 e. The van der Waals surface area contributed by atoms with Crippen LogP contribution in [0.25, 0.3) is 0 Å². The summed E-state index contributed by atoms with van der Waals surface area (Å²) in [5.41, 5.74) is 0.576. The average Bonchev–Trinajstić information content (AvgIpc) is 2.65. The Kier molecular flexibility index (Phi) is 5.86. The maximum atomic E-state index is 12.7. The molecule has 0 bridgehead atoms. The van der Waals surface area contributed by atoms with E-state index in [-0.39, 0.29) is 16.2 Å². The second-order valence-corrected chi connectivity index (χ2v) is 7.31. The van der Waals surface area contributed by atoms with Crippen LogP contribution in [0, 0.1) is 10.7 Å². The van der Waals surface area contributed by atoms with E-state index in [1.54, 1.807) is 20.3 Å². The van der Waals surface area contributed by atoms with Gasteiger partial charge in [0.15, 0.2) is 4.77 Å². The van der Waals surface area contributed by atoms with E-state index < -0.39 is 11.6 Å². The van der Waals surface area contributed by atoms with Gasteiger partial charge in [-0.05, 0) is 62.3 Å². The molecule has 2 aromatic rings. The van der Waals surface area contributed by atoms with Crippen molar-refractivity contribution in [1.82, 2.24) is 14.9 Å². The zero-order valence-corrected chi connectivity index (χ0v) is 16.6. The lowest BCUT2D eigenvalue weighted by atomic mass is 9.92. The van der Waals surface area contributed by atoms with Gasteiger partial charge in [0, 0.05) is 5.56 Å². The van der Waals surface area contributed by atoms with Crippen LogP contribution in [-0.4, -0.2) is 47.3 Å². The number of benzene rings is 1. The van der Waals surface area contributed by atoms with E-state index in [4.69, 9.17) is 21.7 Å². The lowest BCUT2D eigenvalue weighted by Gasteiger charge is -2.37. The Morgan fingerprint density at radius 3 is 2.52 bits per heavy atom. The van der Waals surface area contributed by atoms with Gasteiger partial charge in [-0.25, -0.2) is 0 Å². The molecule has 1 saturated heterocycles. The minimum Gasteiger partial charge on any atom is -0.497 e. The van der Waals surface area contributed by atoms with E-state index in [0.717, 1.165) is 31.5 Å². The fourth-order valence-corrected chi connectivity index (χ4v) is 3.80. The highest BCUT2D eigenvalue weighted by molar-refractivity contribution is 7.71. The number of methoxy groups -OCH3 is 2. The van der Waals surface area contributed by atoms with Crippen molar-refractivity contribution >= 4 is 12.2 Å². The quantitative estimate of drug-likeness (QED) is 0.679. The fraction of sp³-hybridized carbons (Fsp3) is 0.474. The third-order valence-electron chi connectivity index (χ3n) is 5.15. The number of rotatable bonds is 5. The van der Waals surface area contributed by atoms with Crippen LogP contribution in [0.1, 0.15) is 36.9 Å². The van der Waals surface area contributed by atoms with E-state index in [1.807, 2.05) is 12.1 Å². The number of piperidine rings is 1. The van der Waals surface area contributed by atoms with Crippen molar-refractivity contribution in [2.45, 2.75) is 25.8 Å². The number of hydrogen-bond donors (Lipinski definition) is 3. The topological polar surface area (TPSA) is 90.6 Å². The monoisotopic (exact) mass is 391 g/mol. The molecule has 1 aromatic carbocycles. The first kappa shape index (κ1) is 19.4. The smallest absolute Gasteiger partial charge is 0.260 e. The third-order valence-corrected chi connectivity index (χ3v) is 5.35. The molecule has 1 aliphatic heterocycles. The summed E-state index contributed by atoms with van der Waals surface area (Å²) in [6.45, 7) is 3.84. The summed E-state index contributed by atoms with van der Waals surface area (Å²) >= 11 is 4.98. The Labute approximate surface area is 163 Å². The molecule has 146 valence electrons. The highest BCUT2D eigenvalue weighted by Crippen LogP contribution is 2.39. The average molecular weight is 391 g/mol. The number of aromatic hydroxyl groups is 1. The Morgan fingerprint density at radius 1 is 1.22 bits per heavy atom. The van der Waals surface area contributed by atoms with E-state index in [9.17, 15) is 9.90 Å². The SMILES string of the molecule is COc1ccc(OC)c([C@@H](c2c(O)[nH]c(=S)[nH]c2=O)N2CCC(C)CC2)c1. The molecule has 8 heteroatoms. The predicted octanol–water partition coefficient (Wildman–Crippen LogP) is 2.98. The number of likely N-dealkylation sites (tertiary alicyclic amines) is 1. The number of hydrogen-bond acceptors (Lipinski definition) is 6. The number of ether oxygens (including phenoxy) is 2. The van der Waals surface area contributed by atoms with Crippen LogP contribution in [0.2, 0.25) is 0 Å². The van der Waals surface area contributed by atoms with E-state index >= 15 is 0 Å². The van der Waals surface area contributed by atoms with Gasteiger partial charge in [0.1, 0.15) is 11.5 Å². The first-order chi connectivity index (χ1) is 12.9. The Hall–Kier alpha value is -2.32. The summed E-state index contributed by atoms with van der Waals surface area (Å²) in [5, 5.41) is 10.5. The summed E-state index contributed by atoms with van der Waals surface area (Å²) in [7, 11) is 3.18. The molecule has 1 aromatic heterocycles. The Balaban J connectivity index is 2.20. The van der Waals surface area contributed by atoms with E-state index in [1.165, 1.54) is 0 Å². The van der Waals surface area contributed by atoms with Crippen LogP contribution in [0.3, 0.4) is 0 Å². The number of H-pyrrole nitrogens is 2. The molecular formula is C19H25N3O4S. The van der Waals surface area contributed by atoms with Gasteiger partial charge in [-0.3, -0.25) is 14.7 Å². The Morgan fingerprint density at radius 2 is 1.93 bits per heavy atom. The first-order valence-corrected chi connectivity index (χ1v) is 9.36. The van der Waals surface area contributed by atoms with Crippen molar-refractivity contribution in [2.24, 2.45) is 5.92 Å².